The van der Waals surface area contributed by atoms with Crippen LogP contribution in [-0.4, -0.2) is 23.4 Å². The molecule has 96 valence electrons. The van der Waals surface area contributed by atoms with Crippen molar-refractivity contribution in [2.75, 3.05) is 6.26 Å². The van der Waals surface area contributed by atoms with Crippen LogP contribution in [0.3, 0.4) is 0 Å². The summed E-state index contributed by atoms with van der Waals surface area (Å²) in [7, 11) is 0. The van der Waals surface area contributed by atoms with Gasteiger partial charge in [-0.2, -0.15) is 5.10 Å². The predicted molar refractivity (Wildman–Crippen MR) is 77.5 cm³/mol. The van der Waals surface area contributed by atoms with Crippen LogP contribution in [0.2, 0.25) is 0 Å². The van der Waals surface area contributed by atoms with Crippen LogP contribution in [0.15, 0.2) is 58.7 Å². The third-order valence-corrected chi connectivity index (χ3v) is 3.14. The van der Waals surface area contributed by atoms with Gasteiger partial charge in [0.2, 0.25) is 0 Å². The molecular weight excluding hydrogens is 258 g/mol. The molecule has 0 aliphatic heterocycles. The lowest BCUT2D eigenvalue weighted by molar-refractivity contribution is 0.0950. The topological polar surface area (TPSA) is 54.4 Å². The smallest absolute Gasteiger partial charge is 0.266 e. The minimum Gasteiger partial charge on any atom is -0.266 e. The molecule has 1 amide bonds. The van der Waals surface area contributed by atoms with Gasteiger partial charge in [-0.15, -0.1) is 11.8 Å². The number of aromatic nitrogens is 1. The van der Waals surface area contributed by atoms with Crippen molar-refractivity contribution in [3.63, 3.8) is 0 Å². The SMILES string of the molecule is CSc1ccc(/C=N\NC(=O)c2ccccn2)cc1. The van der Waals surface area contributed by atoms with Gasteiger partial charge in [-0.05, 0) is 36.1 Å². The van der Waals surface area contributed by atoms with Gasteiger partial charge in [0.15, 0.2) is 0 Å². The van der Waals surface area contributed by atoms with Crippen LogP contribution in [0.1, 0.15) is 16.1 Å². The maximum Gasteiger partial charge on any atom is 0.289 e. The first-order valence-corrected chi connectivity index (χ1v) is 6.90. The molecule has 1 aromatic carbocycles. The lowest BCUT2D eigenvalue weighted by Gasteiger charge is -1.99. The van der Waals surface area contributed by atoms with Gasteiger partial charge in [0.05, 0.1) is 6.21 Å². The van der Waals surface area contributed by atoms with Crippen LogP contribution in [-0.2, 0) is 0 Å². The molecule has 5 heteroatoms. The zero-order valence-electron chi connectivity index (χ0n) is 10.4. The Bertz CT molecular complexity index is 567. The predicted octanol–water partition coefficient (Wildman–Crippen LogP) is 2.57. The monoisotopic (exact) mass is 271 g/mol. The lowest BCUT2D eigenvalue weighted by Crippen LogP contribution is -2.18. The van der Waals surface area contributed by atoms with E-state index in [1.807, 2.05) is 30.5 Å². The van der Waals surface area contributed by atoms with Crippen molar-refractivity contribution in [3.05, 3.63) is 59.9 Å². The number of thioether (sulfide) groups is 1. The maximum absolute atomic E-state index is 11.6. The summed E-state index contributed by atoms with van der Waals surface area (Å²) >= 11 is 1.68. The van der Waals surface area contributed by atoms with Crippen LogP contribution in [0.4, 0.5) is 0 Å². The Morgan fingerprint density at radius 1 is 1.26 bits per heavy atom. The number of benzene rings is 1. The van der Waals surface area contributed by atoms with Gasteiger partial charge in [0, 0.05) is 11.1 Å². The number of nitrogens with zero attached hydrogens (tertiary/aromatic N) is 2. The molecule has 0 saturated heterocycles. The van der Waals surface area contributed by atoms with Gasteiger partial charge < -0.3 is 0 Å². The third-order valence-electron chi connectivity index (χ3n) is 2.39. The minimum absolute atomic E-state index is 0.322. The maximum atomic E-state index is 11.6. The molecule has 0 fully saturated rings. The van der Waals surface area contributed by atoms with Crippen molar-refractivity contribution >= 4 is 23.9 Å². The molecule has 0 aliphatic carbocycles. The third kappa shape index (κ3) is 3.93. The van der Waals surface area contributed by atoms with Crippen molar-refractivity contribution in [2.24, 2.45) is 5.10 Å². The average Bonchev–Trinajstić information content (AvgIpc) is 2.49. The van der Waals surface area contributed by atoms with Gasteiger partial charge in [-0.3, -0.25) is 9.78 Å². The molecule has 0 radical (unpaired) electrons. The van der Waals surface area contributed by atoms with E-state index < -0.39 is 0 Å². The van der Waals surface area contributed by atoms with Gasteiger partial charge in [0.25, 0.3) is 5.91 Å². The Morgan fingerprint density at radius 3 is 2.68 bits per heavy atom. The summed E-state index contributed by atoms with van der Waals surface area (Å²) in [6.45, 7) is 0. The fourth-order valence-electron chi connectivity index (χ4n) is 1.41. The summed E-state index contributed by atoms with van der Waals surface area (Å²) in [6, 6.07) is 13.1. The van der Waals surface area contributed by atoms with E-state index in [1.165, 1.54) is 4.90 Å². The molecule has 2 aromatic rings. The number of hydrogen-bond acceptors (Lipinski definition) is 4. The number of hydrogen-bond donors (Lipinski definition) is 1. The van der Waals surface area contributed by atoms with Crippen LogP contribution in [0.5, 0.6) is 0 Å². The number of amides is 1. The van der Waals surface area contributed by atoms with E-state index in [2.05, 4.69) is 15.5 Å². The Hall–Kier alpha value is -2.14. The molecule has 0 atom stereocenters. The second kappa shape index (κ2) is 6.70. The van der Waals surface area contributed by atoms with E-state index in [0.29, 0.717) is 5.69 Å². The molecular formula is C14H13N3OS. The summed E-state index contributed by atoms with van der Waals surface area (Å²) in [5.41, 5.74) is 3.71. The van der Waals surface area contributed by atoms with E-state index >= 15 is 0 Å². The molecule has 4 nitrogen and oxygen atoms in total. The second-order valence-corrected chi connectivity index (χ2v) is 4.57. The molecule has 0 aliphatic rings. The Labute approximate surface area is 116 Å². The summed E-state index contributed by atoms with van der Waals surface area (Å²) in [5.74, 6) is -0.322. The average molecular weight is 271 g/mol. The minimum atomic E-state index is -0.322. The molecule has 0 saturated carbocycles. The number of pyridine rings is 1. The summed E-state index contributed by atoms with van der Waals surface area (Å²) in [4.78, 5) is 16.8. The highest BCUT2D eigenvalue weighted by atomic mass is 32.2. The van der Waals surface area contributed by atoms with E-state index in [9.17, 15) is 4.79 Å². The first kappa shape index (κ1) is 13.3. The second-order valence-electron chi connectivity index (χ2n) is 3.69. The largest absolute Gasteiger partial charge is 0.289 e. The van der Waals surface area contributed by atoms with Crippen LogP contribution in [0.25, 0.3) is 0 Å². The molecule has 1 N–H and O–H groups in total. The highest BCUT2D eigenvalue weighted by Gasteiger charge is 2.03. The van der Waals surface area contributed by atoms with Crippen LogP contribution < -0.4 is 5.43 Å². The van der Waals surface area contributed by atoms with E-state index in [0.717, 1.165) is 5.56 Å². The Morgan fingerprint density at radius 2 is 2.05 bits per heavy atom. The number of nitrogens with one attached hydrogen (secondary N) is 1. The van der Waals surface area contributed by atoms with Gasteiger partial charge in [-0.25, -0.2) is 5.43 Å². The van der Waals surface area contributed by atoms with Crippen molar-refractivity contribution < 1.29 is 4.79 Å². The van der Waals surface area contributed by atoms with E-state index in [4.69, 9.17) is 0 Å². The zero-order chi connectivity index (χ0) is 13.5. The Balaban J connectivity index is 1.94. The molecule has 1 heterocycles. The highest BCUT2D eigenvalue weighted by Crippen LogP contribution is 2.13. The van der Waals surface area contributed by atoms with Gasteiger partial charge in [0.1, 0.15) is 5.69 Å². The van der Waals surface area contributed by atoms with Gasteiger partial charge >= 0.3 is 0 Å². The normalized spacial score (nSPS) is 10.6. The first-order valence-electron chi connectivity index (χ1n) is 5.68. The first-order chi connectivity index (χ1) is 9.29. The summed E-state index contributed by atoms with van der Waals surface area (Å²) in [5, 5.41) is 3.90. The van der Waals surface area contributed by atoms with Gasteiger partial charge in [-0.1, -0.05) is 18.2 Å². The standard InChI is InChI=1S/C14H13N3OS/c1-19-12-7-5-11(6-8-12)10-16-17-14(18)13-4-2-3-9-15-13/h2-10H,1H3,(H,17,18)/b16-10-. The van der Waals surface area contributed by atoms with Crippen LogP contribution >= 0.6 is 11.8 Å². The Kier molecular flexibility index (Phi) is 4.69. The van der Waals surface area contributed by atoms with E-state index in [-0.39, 0.29) is 5.91 Å². The van der Waals surface area contributed by atoms with E-state index in [1.54, 1.807) is 42.4 Å². The quantitative estimate of drug-likeness (QED) is 0.528. The molecule has 0 unspecified atom stereocenters. The number of hydrazone groups is 1. The molecule has 19 heavy (non-hydrogen) atoms. The summed E-state index contributed by atoms with van der Waals surface area (Å²) in [6.07, 6.45) is 5.20. The summed E-state index contributed by atoms with van der Waals surface area (Å²) < 4.78 is 0. The fourth-order valence-corrected chi connectivity index (χ4v) is 1.82. The zero-order valence-corrected chi connectivity index (χ0v) is 11.2. The number of rotatable bonds is 4. The molecule has 2 rings (SSSR count). The van der Waals surface area contributed by atoms with Crippen molar-refractivity contribution in [3.8, 4) is 0 Å². The molecule has 0 bridgehead atoms. The van der Waals surface area contributed by atoms with Crippen molar-refractivity contribution in [2.45, 2.75) is 4.90 Å². The number of carbonyl (C=O) groups is 1. The van der Waals surface area contributed by atoms with Crippen LogP contribution in [0, 0.1) is 0 Å². The molecule has 1 aromatic heterocycles. The number of carbonyl (C=O) groups excluding carboxylic acids is 1. The van der Waals surface area contributed by atoms with Crippen molar-refractivity contribution in [1.82, 2.24) is 10.4 Å². The van der Waals surface area contributed by atoms with Crippen molar-refractivity contribution in [1.29, 1.82) is 0 Å². The lowest BCUT2D eigenvalue weighted by atomic mass is 10.2. The highest BCUT2D eigenvalue weighted by molar-refractivity contribution is 7.98. The fraction of sp³-hybridized carbons (Fsp3) is 0.0714. The molecule has 0 spiro atoms.